The van der Waals surface area contributed by atoms with E-state index >= 15 is 0 Å². The molecule has 0 unspecified atom stereocenters. The third-order valence-corrected chi connectivity index (χ3v) is 3.68. The van der Waals surface area contributed by atoms with Crippen molar-refractivity contribution in [3.05, 3.63) is 65.2 Å². The summed E-state index contributed by atoms with van der Waals surface area (Å²) in [5.74, 6) is 1.36. The van der Waals surface area contributed by atoms with Crippen molar-refractivity contribution in [3.63, 3.8) is 0 Å². The highest BCUT2D eigenvalue weighted by atomic mass is 35.5. The van der Waals surface area contributed by atoms with Crippen molar-refractivity contribution in [2.24, 2.45) is 0 Å². The van der Waals surface area contributed by atoms with Crippen LogP contribution in [0, 0.1) is 6.92 Å². The minimum atomic E-state index is 0.581. The quantitative estimate of drug-likeness (QED) is 0.658. The largest absolute Gasteiger partial charge is 0.455 e. The topological polar surface area (TPSA) is 35.2 Å². The van der Waals surface area contributed by atoms with Crippen molar-refractivity contribution in [1.82, 2.24) is 0 Å². The lowest BCUT2D eigenvalue weighted by atomic mass is 10.1. The first-order valence-electron chi connectivity index (χ1n) is 6.37. The van der Waals surface area contributed by atoms with E-state index < -0.39 is 0 Å². The van der Waals surface area contributed by atoms with Gasteiger partial charge in [0.2, 0.25) is 0 Å². The van der Waals surface area contributed by atoms with Crippen LogP contribution in [0.3, 0.4) is 0 Å². The lowest BCUT2D eigenvalue weighted by Crippen LogP contribution is -1.93. The van der Waals surface area contributed by atoms with Crippen LogP contribution in [0.2, 0.25) is 5.02 Å². The maximum atomic E-state index is 6.44. The van der Waals surface area contributed by atoms with Gasteiger partial charge in [0.15, 0.2) is 0 Å². The van der Waals surface area contributed by atoms with E-state index in [1.165, 1.54) is 0 Å². The van der Waals surface area contributed by atoms with Gasteiger partial charge in [0, 0.05) is 22.5 Å². The molecule has 0 fully saturated rings. The molecule has 2 nitrogen and oxygen atoms in total. The van der Waals surface area contributed by atoms with Crippen molar-refractivity contribution in [2.45, 2.75) is 6.92 Å². The third-order valence-electron chi connectivity index (χ3n) is 3.29. The van der Waals surface area contributed by atoms with Gasteiger partial charge < -0.3 is 10.5 Å². The zero-order chi connectivity index (χ0) is 14.1. The van der Waals surface area contributed by atoms with Crippen molar-refractivity contribution in [1.29, 1.82) is 0 Å². The van der Waals surface area contributed by atoms with Crippen LogP contribution < -0.4 is 10.5 Å². The van der Waals surface area contributed by atoms with Gasteiger partial charge >= 0.3 is 0 Å². The molecule has 0 atom stereocenters. The Morgan fingerprint density at radius 2 is 1.55 bits per heavy atom. The van der Waals surface area contributed by atoms with Crippen molar-refractivity contribution >= 4 is 28.1 Å². The number of anilines is 1. The molecule has 0 saturated heterocycles. The number of halogens is 1. The van der Waals surface area contributed by atoms with E-state index in [1.54, 1.807) is 6.07 Å². The molecular weight excluding hydrogens is 270 g/mol. The van der Waals surface area contributed by atoms with Crippen LogP contribution in [-0.2, 0) is 0 Å². The first-order valence-corrected chi connectivity index (χ1v) is 6.75. The maximum absolute atomic E-state index is 6.44. The van der Waals surface area contributed by atoms with Gasteiger partial charge in [-0.25, -0.2) is 0 Å². The Bertz CT molecular complexity index is 783. The molecule has 0 bridgehead atoms. The van der Waals surface area contributed by atoms with Gasteiger partial charge in [-0.05, 0) is 18.6 Å². The lowest BCUT2D eigenvalue weighted by molar-refractivity contribution is 0.480. The number of fused-ring (bicyclic) bond motifs is 1. The smallest absolute Gasteiger partial charge is 0.148 e. The third kappa shape index (κ3) is 2.19. The normalized spacial score (nSPS) is 10.7. The summed E-state index contributed by atoms with van der Waals surface area (Å²) in [6, 6.07) is 17.4. The van der Waals surface area contributed by atoms with Gasteiger partial charge in [-0.1, -0.05) is 54.1 Å². The first-order chi connectivity index (χ1) is 9.66. The second kappa shape index (κ2) is 5.06. The number of benzene rings is 3. The second-order valence-corrected chi connectivity index (χ2v) is 5.07. The highest BCUT2D eigenvalue weighted by Gasteiger charge is 2.11. The molecule has 0 heterocycles. The van der Waals surface area contributed by atoms with Crippen molar-refractivity contribution in [3.8, 4) is 11.5 Å². The number of nitrogen functional groups attached to an aromatic ring is 1. The summed E-state index contributed by atoms with van der Waals surface area (Å²) in [5.41, 5.74) is 7.79. The molecule has 20 heavy (non-hydrogen) atoms. The number of para-hydroxylation sites is 1. The van der Waals surface area contributed by atoms with Crippen LogP contribution >= 0.6 is 11.6 Å². The Balaban J connectivity index is 2.13. The molecule has 3 heteroatoms. The van der Waals surface area contributed by atoms with E-state index in [0.717, 1.165) is 22.1 Å². The summed E-state index contributed by atoms with van der Waals surface area (Å²) >= 11 is 6.44. The van der Waals surface area contributed by atoms with Gasteiger partial charge in [0.25, 0.3) is 0 Å². The maximum Gasteiger partial charge on any atom is 0.148 e. The van der Waals surface area contributed by atoms with Gasteiger partial charge in [0.05, 0.1) is 5.02 Å². The fourth-order valence-electron chi connectivity index (χ4n) is 2.20. The number of rotatable bonds is 2. The molecule has 0 aromatic heterocycles. The number of hydrogen-bond acceptors (Lipinski definition) is 2. The van der Waals surface area contributed by atoms with Crippen LogP contribution in [0.25, 0.3) is 10.8 Å². The average molecular weight is 284 g/mol. The molecule has 2 N–H and O–H groups in total. The number of aryl methyl sites for hydroxylation is 1. The van der Waals surface area contributed by atoms with E-state index in [0.29, 0.717) is 16.5 Å². The molecular formula is C17H14ClNO. The SMILES string of the molecule is Cc1ccccc1Oc1cc(N)c2ccccc2c1Cl. The summed E-state index contributed by atoms with van der Waals surface area (Å²) < 4.78 is 5.92. The zero-order valence-electron chi connectivity index (χ0n) is 11.1. The van der Waals surface area contributed by atoms with E-state index in [4.69, 9.17) is 22.1 Å². The van der Waals surface area contributed by atoms with Crippen molar-refractivity contribution < 1.29 is 4.74 Å². The summed E-state index contributed by atoms with van der Waals surface area (Å²) in [7, 11) is 0. The van der Waals surface area contributed by atoms with Crippen LogP contribution in [0.5, 0.6) is 11.5 Å². The van der Waals surface area contributed by atoms with Crippen LogP contribution in [-0.4, -0.2) is 0 Å². The fraction of sp³-hybridized carbons (Fsp3) is 0.0588. The molecule has 0 aliphatic heterocycles. The Morgan fingerprint density at radius 3 is 2.30 bits per heavy atom. The molecule has 0 aliphatic rings. The number of hydrogen-bond donors (Lipinski definition) is 1. The van der Waals surface area contributed by atoms with E-state index in [-0.39, 0.29) is 0 Å². The summed E-state index contributed by atoms with van der Waals surface area (Å²) in [6.45, 7) is 1.99. The Labute approximate surface area is 122 Å². The lowest BCUT2D eigenvalue weighted by Gasteiger charge is -2.13. The van der Waals surface area contributed by atoms with Crippen LogP contribution in [0.15, 0.2) is 54.6 Å². The predicted molar refractivity (Wildman–Crippen MR) is 84.6 cm³/mol. The van der Waals surface area contributed by atoms with Gasteiger partial charge in [-0.3, -0.25) is 0 Å². The standard InChI is InChI=1S/C17H14ClNO/c1-11-6-2-5-9-15(11)20-16-10-14(19)12-7-3-4-8-13(12)17(16)18/h2-10H,19H2,1H3. The molecule has 0 aliphatic carbocycles. The molecule has 0 saturated carbocycles. The molecule has 3 aromatic rings. The van der Waals surface area contributed by atoms with Gasteiger partial charge in [-0.15, -0.1) is 0 Å². The highest BCUT2D eigenvalue weighted by Crippen LogP contribution is 2.39. The number of nitrogens with two attached hydrogens (primary N) is 1. The highest BCUT2D eigenvalue weighted by molar-refractivity contribution is 6.37. The molecule has 3 rings (SSSR count). The van der Waals surface area contributed by atoms with Gasteiger partial charge in [0.1, 0.15) is 11.5 Å². The zero-order valence-corrected chi connectivity index (χ0v) is 11.8. The Morgan fingerprint density at radius 1 is 0.900 bits per heavy atom. The number of ether oxygens (including phenoxy) is 1. The summed E-state index contributed by atoms with van der Waals surface area (Å²) in [6.07, 6.45) is 0. The molecule has 0 spiro atoms. The monoisotopic (exact) mass is 283 g/mol. The second-order valence-electron chi connectivity index (χ2n) is 4.69. The summed E-state index contributed by atoms with van der Waals surface area (Å²) in [4.78, 5) is 0. The van der Waals surface area contributed by atoms with Crippen LogP contribution in [0.4, 0.5) is 5.69 Å². The minimum absolute atomic E-state index is 0.581. The van der Waals surface area contributed by atoms with E-state index in [9.17, 15) is 0 Å². The molecule has 100 valence electrons. The molecule has 3 aromatic carbocycles. The Hall–Kier alpha value is -2.19. The molecule has 0 amide bonds. The average Bonchev–Trinajstić information content (AvgIpc) is 2.47. The van der Waals surface area contributed by atoms with Gasteiger partial charge in [-0.2, -0.15) is 0 Å². The fourth-order valence-corrected chi connectivity index (χ4v) is 2.46. The predicted octanol–water partition coefficient (Wildman–Crippen LogP) is 5.18. The first kappa shape index (κ1) is 12.8. The minimum Gasteiger partial charge on any atom is -0.455 e. The molecule has 0 radical (unpaired) electrons. The summed E-state index contributed by atoms with van der Waals surface area (Å²) in [5, 5.41) is 2.42. The van der Waals surface area contributed by atoms with E-state index in [1.807, 2.05) is 55.5 Å². The van der Waals surface area contributed by atoms with E-state index in [2.05, 4.69) is 0 Å². The van der Waals surface area contributed by atoms with Crippen LogP contribution in [0.1, 0.15) is 5.56 Å². The Kier molecular flexibility index (Phi) is 3.25. The van der Waals surface area contributed by atoms with Crippen molar-refractivity contribution in [2.75, 3.05) is 5.73 Å².